The lowest BCUT2D eigenvalue weighted by Gasteiger charge is -2.18. The normalized spacial score (nSPS) is 12.4. The third-order valence-corrected chi connectivity index (χ3v) is 3.68. The Morgan fingerprint density at radius 2 is 1.78 bits per heavy atom. The van der Waals surface area contributed by atoms with Crippen LogP contribution in [0.2, 0.25) is 0 Å². The van der Waals surface area contributed by atoms with E-state index in [-0.39, 0.29) is 0 Å². The second-order valence-corrected chi connectivity index (χ2v) is 5.70. The smallest absolute Gasteiger partial charge is 0.0383 e. The number of halogens is 1. The molecule has 3 heteroatoms. The molecule has 0 saturated carbocycles. The second kappa shape index (κ2) is 9.40. The molecule has 0 aliphatic heterocycles. The third kappa shape index (κ3) is 6.41. The summed E-state index contributed by atoms with van der Waals surface area (Å²) in [7, 11) is 0. The van der Waals surface area contributed by atoms with Crippen LogP contribution in [0, 0.1) is 0 Å². The van der Waals surface area contributed by atoms with Crippen LogP contribution in [0.3, 0.4) is 0 Å². The first-order valence-corrected chi connectivity index (χ1v) is 7.77. The summed E-state index contributed by atoms with van der Waals surface area (Å²) in [5, 5.41) is 3.50. The molecule has 0 bridgehead atoms. The Morgan fingerprint density at radius 1 is 1.11 bits per heavy atom. The van der Waals surface area contributed by atoms with E-state index in [1.54, 1.807) is 0 Å². The first-order chi connectivity index (χ1) is 8.76. The van der Waals surface area contributed by atoms with Gasteiger partial charge >= 0.3 is 0 Å². The van der Waals surface area contributed by atoms with E-state index >= 15 is 0 Å². The monoisotopic (exact) mass is 312 g/mol. The van der Waals surface area contributed by atoms with Crippen molar-refractivity contribution in [1.82, 2.24) is 0 Å². The van der Waals surface area contributed by atoms with E-state index in [1.807, 2.05) is 0 Å². The number of anilines is 1. The number of nitrogens with two attached hydrogens (primary N) is 1. The summed E-state index contributed by atoms with van der Waals surface area (Å²) in [6.45, 7) is 2.95. The zero-order valence-electron chi connectivity index (χ0n) is 11.3. The highest BCUT2D eigenvalue weighted by Crippen LogP contribution is 2.16. The van der Waals surface area contributed by atoms with Gasteiger partial charge in [0.25, 0.3) is 0 Å². The van der Waals surface area contributed by atoms with Gasteiger partial charge in [0.2, 0.25) is 0 Å². The van der Waals surface area contributed by atoms with E-state index in [1.165, 1.54) is 32.1 Å². The van der Waals surface area contributed by atoms with Crippen LogP contribution in [0.1, 0.15) is 45.4 Å². The maximum absolute atomic E-state index is 5.82. The minimum Gasteiger partial charge on any atom is -0.381 e. The van der Waals surface area contributed by atoms with Crippen molar-refractivity contribution in [3.8, 4) is 0 Å². The molecule has 1 aromatic rings. The van der Waals surface area contributed by atoms with Gasteiger partial charge in [0.15, 0.2) is 0 Å². The van der Waals surface area contributed by atoms with Crippen molar-refractivity contribution >= 4 is 21.6 Å². The van der Waals surface area contributed by atoms with Crippen molar-refractivity contribution in [3.63, 3.8) is 0 Å². The van der Waals surface area contributed by atoms with Crippen molar-refractivity contribution < 1.29 is 0 Å². The molecule has 3 N–H and O–H groups in total. The Balaban J connectivity index is 2.26. The maximum Gasteiger partial charge on any atom is 0.0383 e. The van der Waals surface area contributed by atoms with E-state index in [9.17, 15) is 0 Å². The average Bonchev–Trinajstić information content (AvgIpc) is 2.39. The summed E-state index contributed by atoms with van der Waals surface area (Å²) in [5.74, 6) is 0. The van der Waals surface area contributed by atoms with Crippen LogP contribution in [0.15, 0.2) is 28.7 Å². The predicted octanol–water partition coefficient (Wildman–Crippen LogP) is 4.55. The maximum atomic E-state index is 5.82. The van der Waals surface area contributed by atoms with Gasteiger partial charge in [0.05, 0.1) is 0 Å². The first kappa shape index (κ1) is 15.5. The predicted molar refractivity (Wildman–Crippen MR) is 84.0 cm³/mol. The number of rotatable bonds is 9. The zero-order chi connectivity index (χ0) is 13.2. The Hall–Kier alpha value is -0.540. The molecule has 0 spiro atoms. The number of nitrogens with one attached hydrogen (secondary N) is 1. The summed E-state index contributed by atoms with van der Waals surface area (Å²) in [6.07, 6.45) is 7.77. The summed E-state index contributed by atoms with van der Waals surface area (Å²) in [4.78, 5) is 0. The van der Waals surface area contributed by atoms with Crippen LogP contribution in [0.25, 0.3) is 0 Å². The Labute approximate surface area is 119 Å². The van der Waals surface area contributed by atoms with E-state index in [0.717, 1.165) is 16.6 Å². The summed E-state index contributed by atoms with van der Waals surface area (Å²) in [6, 6.07) is 8.68. The largest absolute Gasteiger partial charge is 0.381 e. The molecule has 0 aliphatic rings. The topological polar surface area (TPSA) is 38.0 Å². The molecule has 0 fully saturated rings. The molecule has 1 rings (SSSR count). The summed E-state index contributed by atoms with van der Waals surface area (Å²) < 4.78 is 1.11. The second-order valence-electron chi connectivity index (χ2n) is 4.79. The molecular weight excluding hydrogens is 288 g/mol. The number of unbranched alkanes of at least 4 members (excludes halogenated alkanes) is 4. The Kier molecular flexibility index (Phi) is 8.10. The van der Waals surface area contributed by atoms with E-state index in [4.69, 9.17) is 5.73 Å². The van der Waals surface area contributed by atoms with E-state index in [2.05, 4.69) is 52.4 Å². The standard InChI is InChI=1S/C15H25BrN2/c1-2-3-4-5-6-7-15(12-17)18-14-10-8-13(16)9-11-14/h8-11,15,18H,2-7,12,17H2,1H3. The van der Waals surface area contributed by atoms with Crippen LogP contribution in [0.5, 0.6) is 0 Å². The van der Waals surface area contributed by atoms with Crippen LogP contribution in [0.4, 0.5) is 5.69 Å². The number of hydrogen-bond acceptors (Lipinski definition) is 2. The number of hydrogen-bond donors (Lipinski definition) is 2. The highest BCUT2D eigenvalue weighted by molar-refractivity contribution is 9.10. The van der Waals surface area contributed by atoms with Crippen molar-refractivity contribution in [1.29, 1.82) is 0 Å². The van der Waals surface area contributed by atoms with Gasteiger partial charge in [0.1, 0.15) is 0 Å². The highest BCUT2D eigenvalue weighted by atomic mass is 79.9. The van der Waals surface area contributed by atoms with E-state index in [0.29, 0.717) is 12.6 Å². The lowest BCUT2D eigenvalue weighted by molar-refractivity contribution is 0.563. The van der Waals surface area contributed by atoms with Crippen LogP contribution < -0.4 is 11.1 Å². The molecule has 1 atom stereocenters. The van der Waals surface area contributed by atoms with Gasteiger partial charge in [-0.15, -0.1) is 0 Å². The molecule has 102 valence electrons. The summed E-state index contributed by atoms with van der Waals surface area (Å²) in [5.41, 5.74) is 6.97. The Bertz CT molecular complexity index is 311. The van der Waals surface area contributed by atoms with Crippen molar-refractivity contribution in [2.24, 2.45) is 5.73 Å². The zero-order valence-corrected chi connectivity index (χ0v) is 12.9. The molecule has 1 aromatic carbocycles. The molecule has 0 heterocycles. The molecule has 1 unspecified atom stereocenters. The SMILES string of the molecule is CCCCCCCC(CN)Nc1ccc(Br)cc1. The molecule has 2 nitrogen and oxygen atoms in total. The fourth-order valence-electron chi connectivity index (χ4n) is 2.03. The lowest BCUT2D eigenvalue weighted by atomic mass is 10.1. The van der Waals surface area contributed by atoms with Gasteiger partial charge < -0.3 is 11.1 Å². The minimum absolute atomic E-state index is 0.396. The summed E-state index contributed by atoms with van der Waals surface area (Å²) >= 11 is 3.44. The van der Waals surface area contributed by atoms with Crippen molar-refractivity contribution in [3.05, 3.63) is 28.7 Å². The van der Waals surface area contributed by atoms with Gasteiger partial charge in [0, 0.05) is 22.7 Å². The van der Waals surface area contributed by atoms with Crippen LogP contribution in [-0.4, -0.2) is 12.6 Å². The van der Waals surface area contributed by atoms with Gasteiger partial charge in [-0.3, -0.25) is 0 Å². The van der Waals surface area contributed by atoms with E-state index < -0.39 is 0 Å². The molecule has 0 amide bonds. The first-order valence-electron chi connectivity index (χ1n) is 6.98. The fraction of sp³-hybridized carbons (Fsp3) is 0.600. The fourth-order valence-corrected chi connectivity index (χ4v) is 2.29. The van der Waals surface area contributed by atoms with Gasteiger partial charge in [-0.05, 0) is 30.7 Å². The molecule has 0 aromatic heterocycles. The lowest BCUT2D eigenvalue weighted by Crippen LogP contribution is -2.28. The van der Waals surface area contributed by atoms with Crippen molar-refractivity contribution in [2.75, 3.05) is 11.9 Å². The quantitative estimate of drug-likeness (QED) is 0.656. The van der Waals surface area contributed by atoms with Crippen LogP contribution in [-0.2, 0) is 0 Å². The average molecular weight is 313 g/mol. The third-order valence-electron chi connectivity index (χ3n) is 3.16. The minimum atomic E-state index is 0.396. The van der Waals surface area contributed by atoms with Gasteiger partial charge in [-0.1, -0.05) is 55.0 Å². The van der Waals surface area contributed by atoms with Crippen molar-refractivity contribution in [2.45, 2.75) is 51.5 Å². The molecular formula is C15H25BrN2. The van der Waals surface area contributed by atoms with Crippen LogP contribution >= 0.6 is 15.9 Å². The molecule has 0 aliphatic carbocycles. The van der Waals surface area contributed by atoms with Gasteiger partial charge in [-0.25, -0.2) is 0 Å². The molecule has 0 radical (unpaired) electrons. The molecule has 0 saturated heterocycles. The Morgan fingerprint density at radius 3 is 2.39 bits per heavy atom. The van der Waals surface area contributed by atoms with Gasteiger partial charge in [-0.2, -0.15) is 0 Å². The molecule has 18 heavy (non-hydrogen) atoms. The number of benzene rings is 1. The highest BCUT2D eigenvalue weighted by Gasteiger charge is 2.05.